The number of nitrogens with zero attached hydrogens (tertiary/aromatic N) is 1. The van der Waals surface area contributed by atoms with Gasteiger partial charge in [0.25, 0.3) is 0 Å². The first-order valence-electron chi connectivity index (χ1n) is 3.96. The molecule has 0 saturated carbocycles. The molecule has 1 rings (SSSR count). The molecule has 14 heavy (non-hydrogen) atoms. The molecule has 0 atom stereocenters. The van der Waals surface area contributed by atoms with Gasteiger partial charge in [-0.05, 0) is 12.1 Å². The summed E-state index contributed by atoms with van der Waals surface area (Å²) in [6.45, 7) is 1.34. The summed E-state index contributed by atoms with van der Waals surface area (Å²) in [4.78, 5) is 10.7. The van der Waals surface area contributed by atoms with Gasteiger partial charge in [-0.25, -0.2) is 0 Å². The summed E-state index contributed by atoms with van der Waals surface area (Å²) in [5, 5.41) is 4.19. The largest absolute Gasteiger partial charge is 0.379 e. The quantitative estimate of drug-likeness (QED) is 0.454. The number of anilines is 1. The lowest BCUT2D eigenvalue weighted by molar-refractivity contribution is -0.111. The minimum Gasteiger partial charge on any atom is -0.379 e. The van der Waals surface area contributed by atoms with Crippen LogP contribution in [0.3, 0.4) is 0 Å². The van der Waals surface area contributed by atoms with Crippen LogP contribution < -0.4 is 11.2 Å². The van der Waals surface area contributed by atoms with Gasteiger partial charge >= 0.3 is 0 Å². The lowest BCUT2D eigenvalue weighted by atomic mass is 10.3. The van der Waals surface area contributed by atoms with Crippen molar-refractivity contribution in [3.63, 3.8) is 0 Å². The van der Waals surface area contributed by atoms with Crippen molar-refractivity contribution in [3.05, 3.63) is 29.3 Å². The Morgan fingerprint density at radius 1 is 1.50 bits per heavy atom. The molecule has 0 fully saturated rings. The maximum atomic E-state index is 10.7. The fourth-order valence-electron chi connectivity index (χ4n) is 0.751. The maximum Gasteiger partial charge on any atom is 0.196 e. The van der Waals surface area contributed by atoms with E-state index in [1.165, 1.54) is 6.92 Å². The Morgan fingerprint density at radius 3 is 2.71 bits per heavy atom. The van der Waals surface area contributed by atoms with Crippen molar-refractivity contribution >= 4 is 28.9 Å². The third-order valence-corrected chi connectivity index (χ3v) is 1.86. The van der Waals surface area contributed by atoms with Crippen LogP contribution in [0.2, 0.25) is 5.02 Å². The molecule has 5 heteroatoms. The van der Waals surface area contributed by atoms with Gasteiger partial charge in [-0.3, -0.25) is 10.2 Å². The lowest BCUT2D eigenvalue weighted by Crippen LogP contribution is -2.22. The molecular formula is C9H10ClN3O. The van der Waals surface area contributed by atoms with Gasteiger partial charge in [0.05, 0.1) is 10.7 Å². The first-order chi connectivity index (χ1) is 6.61. The number of hydrogen-bond acceptors (Lipinski definition) is 3. The molecule has 0 saturated heterocycles. The van der Waals surface area contributed by atoms with E-state index in [4.69, 9.17) is 17.3 Å². The third kappa shape index (κ3) is 2.74. The summed E-state index contributed by atoms with van der Waals surface area (Å²) in [7, 11) is 0. The van der Waals surface area contributed by atoms with E-state index >= 15 is 0 Å². The molecule has 0 heterocycles. The minimum atomic E-state index is -0.287. The summed E-state index contributed by atoms with van der Waals surface area (Å²) >= 11 is 5.83. The Balaban J connectivity index is 2.76. The molecule has 3 N–H and O–H groups in total. The summed E-state index contributed by atoms with van der Waals surface area (Å²) in [6.07, 6.45) is 0. The highest BCUT2D eigenvalue weighted by molar-refractivity contribution is 6.37. The fraction of sp³-hybridized carbons (Fsp3) is 0.111. The maximum absolute atomic E-state index is 10.7. The molecule has 0 radical (unpaired) electrons. The number of carbonyl (C=O) groups excluding carboxylic acids is 1. The second kappa shape index (κ2) is 4.62. The van der Waals surface area contributed by atoms with Crippen molar-refractivity contribution in [2.75, 3.05) is 5.43 Å². The van der Waals surface area contributed by atoms with Crippen LogP contribution >= 0.6 is 11.6 Å². The molecule has 74 valence electrons. The van der Waals surface area contributed by atoms with Crippen molar-refractivity contribution in [2.24, 2.45) is 10.8 Å². The number of hydrazone groups is 1. The van der Waals surface area contributed by atoms with Crippen molar-refractivity contribution in [2.45, 2.75) is 6.92 Å². The van der Waals surface area contributed by atoms with Crippen LogP contribution in [0, 0.1) is 0 Å². The number of halogens is 1. The molecule has 1 aromatic rings. The fourth-order valence-corrected chi connectivity index (χ4v) is 0.929. The number of ketones is 1. The lowest BCUT2D eigenvalue weighted by Gasteiger charge is -2.02. The van der Waals surface area contributed by atoms with Gasteiger partial charge in [0.15, 0.2) is 11.6 Å². The molecule has 0 aliphatic rings. The van der Waals surface area contributed by atoms with Crippen LogP contribution in [0.25, 0.3) is 0 Å². The Kier molecular flexibility index (Phi) is 3.48. The number of para-hydroxylation sites is 1. The summed E-state index contributed by atoms with van der Waals surface area (Å²) in [6, 6.07) is 7.04. The number of hydrogen-bond donors (Lipinski definition) is 2. The predicted molar refractivity (Wildman–Crippen MR) is 57.4 cm³/mol. The molecule has 1 aromatic carbocycles. The van der Waals surface area contributed by atoms with Gasteiger partial charge in [-0.2, -0.15) is 5.10 Å². The van der Waals surface area contributed by atoms with Crippen molar-refractivity contribution in [3.8, 4) is 0 Å². The number of nitrogens with one attached hydrogen (secondary N) is 1. The first-order valence-corrected chi connectivity index (χ1v) is 4.33. The zero-order valence-electron chi connectivity index (χ0n) is 7.62. The second-order valence-electron chi connectivity index (χ2n) is 2.64. The number of carbonyl (C=O) groups is 1. The van der Waals surface area contributed by atoms with E-state index in [1.54, 1.807) is 24.3 Å². The molecular weight excluding hydrogens is 202 g/mol. The standard InChI is InChI=1S/C9H10ClN3O/c1-6(14)9(11)13-12-8-5-3-2-4-7(8)10/h2-5,12H,1H3,(H2,11,13). The molecule has 0 aliphatic carbocycles. The Hall–Kier alpha value is -1.55. The van der Waals surface area contributed by atoms with Crippen molar-refractivity contribution in [1.82, 2.24) is 0 Å². The molecule has 4 nitrogen and oxygen atoms in total. The Labute approximate surface area is 86.7 Å². The van der Waals surface area contributed by atoms with Crippen LogP contribution in [0.5, 0.6) is 0 Å². The number of benzene rings is 1. The smallest absolute Gasteiger partial charge is 0.196 e. The summed E-state index contributed by atoms with van der Waals surface area (Å²) in [5.74, 6) is -0.366. The van der Waals surface area contributed by atoms with E-state index < -0.39 is 0 Å². The van der Waals surface area contributed by atoms with Crippen LogP contribution in [0.4, 0.5) is 5.69 Å². The molecule has 0 bridgehead atoms. The highest BCUT2D eigenvalue weighted by atomic mass is 35.5. The van der Waals surface area contributed by atoms with Gasteiger partial charge in [-0.1, -0.05) is 23.7 Å². The molecule has 0 aromatic heterocycles. The average molecular weight is 212 g/mol. The van der Waals surface area contributed by atoms with Gasteiger partial charge in [-0.15, -0.1) is 0 Å². The number of rotatable bonds is 3. The van der Waals surface area contributed by atoms with Gasteiger partial charge in [0.2, 0.25) is 0 Å². The first kappa shape index (κ1) is 10.5. The Morgan fingerprint density at radius 2 is 2.14 bits per heavy atom. The molecule has 0 spiro atoms. The number of amidine groups is 1. The number of nitrogens with two attached hydrogens (primary N) is 1. The molecule has 0 amide bonds. The summed E-state index contributed by atoms with van der Waals surface area (Å²) < 4.78 is 0. The third-order valence-electron chi connectivity index (χ3n) is 1.53. The minimum absolute atomic E-state index is 0.0788. The van der Waals surface area contributed by atoms with Crippen LogP contribution in [0.1, 0.15) is 6.92 Å². The highest BCUT2D eigenvalue weighted by Crippen LogP contribution is 2.19. The molecule has 0 aliphatic heterocycles. The summed E-state index contributed by atoms with van der Waals surface area (Å²) in [5.41, 5.74) is 8.52. The van der Waals surface area contributed by atoms with Crippen molar-refractivity contribution < 1.29 is 4.79 Å². The SMILES string of the molecule is CC(=O)/C(N)=N/Nc1ccccc1Cl. The normalized spacial score (nSPS) is 11.1. The van der Waals surface area contributed by atoms with E-state index in [1.807, 2.05) is 0 Å². The zero-order chi connectivity index (χ0) is 10.6. The topological polar surface area (TPSA) is 67.5 Å². The van der Waals surface area contributed by atoms with Gasteiger partial charge in [0, 0.05) is 6.92 Å². The van der Waals surface area contributed by atoms with E-state index in [-0.39, 0.29) is 11.6 Å². The van der Waals surface area contributed by atoms with E-state index in [0.29, 0.717) is 10.7 Å². The van der Waals surface area contributed by atoms with Crippen LogP contribution in [-0.2, 0) is 4.79 Å². The van der Waals surface area contributed by atoms with E-state index in [9.17, 15) is 4.79 Å². The molecule has 0 unspecified atom stereocenters. The van der Waals surface area contributed by atoms with Gasteiger partial charge < -0.3 is 5.73 Å². The van der Waals surface area contributed by atoms with Gasteiger partial charge in [0.1, 0.15) is 0 Å². The van der Waals surface area contributed by atoms with Crippen LogP contribution in [-0.4, -0.2) is 11.6 Å². The predicted octanol–water partition coefficient (Wildman–Crippen LogP) is 1.61. The monoisotopic (exact) mass is 211 g/mol. The average Bonchev–Trinajstić information content (AvgIpc) is 2.16. The Bertz CT molecular complexity index is 376. The second-order valence-corrected chi connectivity index (χ2v) is 3.05. The van der Waals surface area contributed by atoms with Crippen LogP contribution in [0.15, 0.2) is 29.4 Å². The highest BCUT2D eigenvalue weighted by Gasteiger charge is 2.00. The zero-order valence-corrected chi connectivity index (χ0v) is 8.38. The number of Topliss-reactive ketones (excluding diaryl/α,β-unsaturated/α-hetero) is 1. The van der Waals surface area contributed by atoms with Crippen molar-refractivity contribution in [1.29, 1.82) is 0 Å². The van der Waals surface area contributed by atoms with E-state index in [0.717, 1.165) is 0 Å². The van der Waals surface area contributed by atoms with E-state index in [2.05, 4.69) is 10.5 Å².